The van der Waals surface area contributed by atoms with Crippen molar-refractivity contribution in [2.45, 2.75) is 45.4 Å². The Morgan fingerprint density at radius 2 is 1.16 bits per heavy atom. The molecular weight excluding hydrogens is 528 g/mol. The number of rotatable bonds is 8. The second-order valence-corrected chi connectivity index (χ2v) is 11.6. The zero-order chi connectivity index (χ0) is 30.0. The first-order valence-electron chi connectivity index (χ1n) is 14.8. The van der Waals surface area contributed by atoms with Crippen molar-refractivity contribution in [1.82, 2.24) is 4.90 Å². The molecule has 0 radical (unpaired) electrons. The molecule has 5 aromatic carbocycles. The predicted octanol–water partition coefficient (Wildman–Crippen LogP) is 7.81. The van der Waals surface area contributed by atoms with E-state index >= 15 is 0 Å². The monoisotopic (exact) mass is 565 g/mol. The first-order chi connectivity index (χ1) is 20.9. The highest BCUT2D eigenvalue weighted by molar-refractivity contribution is 6.01. The zero-order valence-corrected chi connectivity index (χ0v) is 24.9. The van der Waals surface area contributed by atoms with E-state index in [0.717, 1.165) is 50.3 Å². The average Bonchev–Trinajstić information content (AvgIpc) is 3.29. The molecule has 1 aliphatic rings. The Labute approximate surface area is 254 Å². The largest absolute Gasteiger partial charge is 0.477 e. The van der Waals surface area contributed by atoms with E-state index in [1.165, 1.54) is 0 Å². The molecule has 1 aliphatic heterocycles. The number of carboxylic acids is 1. The number of aryl methyl sites for hydroxylation is 3. The van der Waals surface area contributed by atoms with E-state index in [1.54, 1.807) is 0 Å². The Balaban J connectivity index is 1.72. The normalized spacial score (nSPS) is 18.2. The van der Waals surface area contributed by atoms with Gasteiger partial charge in [0.2, 0.25) is 0 Å². The maximum atomic E-state index is 14.2. The molecule has 0 aliphatic carbocycles. The molecule has 0 spiro atoms. The minimum Gasteiger partial charge on any atom is -0.477 e. The van der Waals surface area contributed by atoms with Crippen molar-refractivity contribution in [2.24, 2.45) is 0 Å². The number of carboxylic acid groups (broad SMARTS) is 1. The number of nitrogens with zero attached hydrogens (tertiary/aromatic N) is 2. The third-order valence-electron chi connectivity index (χ3n) is 8.56. The Morgan fingerprint density at radius 1 is 0.674 bits per heavy atom. The van der Waals surface area contributed by atoms with Gasteiger partial charge in [-0.1, -0.05) is 138 Å². The summed E-state index contributed by atoms with van der Waals surface area (Å²) < 4.78 is 2.32. The fourth-order valence-electron chi connectivity index (χ4n) is 6.40. The molecule has 6 rings (SSSR count). The van der Waals surface area contributed by atoms with Crippen LogP contribution < -0.4 is 0 Å². The van der Waals surface area contributed by atoms with Crippen LogP contribution in [-0.2, 0) is 23.4 Å². The van der Waals surface area contributed by atoms with Crippen molar-refractivity contribution in [1.29, 1.82) is 0 Å². The van der Waals surface area contributed by atoms with Gasteiger partial charge in [-0.2, -0.15) is 0 Å². The van der Waals surface area contributed by atoms with Crippen molar-refractivity contribution in [3.05, 3.63) is 178 Å². The van der Waals surface area contributed by atoms with E-state index in [9.17, 15) is 9.90 Å². The topological polar surface area (TPSA) is 43.6 Å². The van der Waals surface area contributed by atoms with Crippen LogP contribution in [0.15, 0.2) is 133 Å². The van der Waals surface area contributed by atoms with Crippen LogP contribution in [0.3, 0.4) is 0 Å². The van der Waals surface area contributed by atoms with Gasteiger partial charge in [0.15, 0.2) is 6.04 Å². The van der Waals surface area contributed by atoms with Crippen LogP contribution in [0.25, 0.3) is 0 Å². The Kier molecular flexibility index (Phi) is 7.69. The number of benzene rings is 5. The summed E-state index contributed by atoms with van der Waals surface area (Å²) in [5.41, 5.74) is 6.84. The van der Waals surface area contributed by atoms with Gasteiger partial charge >= 0.3 is 5.97 Å². The maximum Gasteiger partial charge on any atom is 0.362 e. The molecule has 0 fully saturated rings. The molecule has 0 amide bonds. The highest BCUT2D eigenvalue weighted by Gasteiger charge is 2.67. The first-order valence-corrected chi connectivity index (χ1v) is 14.8. The van der Waals surface area contributed by atoms with E-state index in [2.05, 4.69) is 96.1 Å². The third-order valence-corrected chi connectivity index (χ3v) is 8.56. The second kappa shape index (κ2) is 11.7. The summed E-state index contributed by atoms with van der Waals surface area (Å²) in [6, 6.07) is 44.9. The standard InChI is InChI=1S/C39H36N2O2/c1-28-14-20-33(21-15-28)36-39(38(42)43,35-24-18-30(3)19-25-35)41(27-32-12-8-5-9-13-32)37(34-22-16-29(2)17-23-34)40(36)26-31-10-6-4-7-11-31/h4-25,36H,26-27H2,1-3H3/p+1. The molecule has 1 heterocycles. The summed E-state index contributed by atoms with van der Waals surface area (Å²) in [6.07, 6.45) is 0. The van der Waals surface area contributed by atoms with Crippen molar-refractivity contribution < 1.29 is 14.5 Å². The molecule has 0 saturated heterocycles. The fourth-order valence-corrected chi connectivity index (χ4v) is 6.40. The lowest BCUT2D eigenvalue weighted by atomic mass is 9.77. The van der Waals surface area contributed by atoms with E-state index in [4.69, 9.17) is 0 Å². The molecule has 4 nitrogen and oxygen atoms in total. The smallest absolute Gasteiger partial charge is 0.362 e. The zero-order valence-electron chi connectivity index (χ0n) is 24.9. The molecule has 0 aromatic heterocycles. The van der Waals surface area contributed by atoms with Crippen LogP contribution in [0, 0.1) is 20.8 Å². The highest BCUT2D eigenvalue weighted by Crippen LogP contribution is 2.50. The molecule has 0 bridgehead atoms. The molecular formula is C39H37N2O2+. The number of carbonyl (C=O) groups is 1. The molecule has 1 N–H and O–H groups in total. The summed E-state index contributed by atoms with van der Waals surface area (Å²) >= 11 is 0. The van der Waals surface area contributed by atoms with Gasteiger partial charge in [0.25, 0.3) is 11.4 Å². The average molecular weight is 566 g/mol. The lowest BCUT2D eigenvalue weighted by molar-refractivity contribution is -0.586. The number of hydrogen-bond donors (Lipinski definition) is 1. The van der Waals surface area contributed by atoms with Gasteiger partial charge in [-0.3, -0.25) is 0 Å². The SMILES string of the molecule is Cc1ccc(C2=[N+](Cc3ccccc3)C(c3ccc(C)cc3)C(C(=O)O)(c3ccc(C)cc3)N2Cc2ccccc2)cc1. The third kappa shape index (κ3) is 5.25. The number of aliphatic carboxylic acids is 1. The second-order valence-electron chi connectivity index (χ2n) is 11.6. The summed E-state index contributed by atoms with van der Waals surface area (Å²) in [5.74, 6) is 0.0271. The Hall–Kier alpha value is -4.96. The van der Waals surface area contributed by atoms with E-state index < -0.39 is 17.6 Å². The van der Waals surface area contributed by atoms with Crippen LogP contribution in [0.2, 0.25) is 0 Å². The van der Waals surface area contributed by atoms with Gasteiger partial charge in [0.1, 0.15) is 13.1 Å². The molecule has 2 atom stereocenters. The van der Waals surface area contributed by atoms with Gasteiger partial charge in [0.05, 0.1) is 5.56 Å². The minimum absolute atomic E-state index is 0.428. The quantitative estimate of drug-likeness (QED) is 0.195. The summed E-state index contributed by atoms with van der Waals surface area (Å²) in [7, 11) is 0. The van der Waals surface area contributed by atoms with Crippen LogP contribution in [0.1, 0.15) is 50.5 Å². The predicted molar refractivity (Wildman–Crippen MR) is 172 cm³/mol. The van der Waals surface area contributed by atoms with Gasteiger partial charge in [-0.15, -0.1) is 0 Å². The first kappa shape index (κ1) is 28.2. The van der Waals surface area contributed by atoms with E-state index in [1.807, 2.05) is 67.6 Å². The molecule has 2 unspecified atom stereocenters. The van der Waals surface area contributed by atoms with Gasteiger partial charge in [-0.05, 0) is 44.0 Å². The number of amidine groups is 1. The van der Waals surface area contributed by atoms with Crippen LogP contribution in [0.4, 0.5) is 0 Å². The van der Waals surface area contributed by atoms with Crippen LogP contribution in [-0.4, -0.2) is 26.4 Å². The van der Waals surface area contributed by atoms with Crippen LogP contribution in [0.5, 0.6) is 0 Å². The van der Waals surface area contributed by atoms with Crippen molar-refractivity contribution in [3.8, 4) is 0 Å². The minimum atomic E-state index is -1.42. The highest BCUT2D eigenvalue weighted by atomic mass is 16.4. The maximum absolute atomic E-state index is 14.2. The lowest BCUT2D eigenvalue weighted by Gasteiger charge is -2.35. The Bertz CT molecular complexity index is 1740. The van der Waals surface area contributed by atoms with Crippen molar-refractivity contribution >= 4 is 11.8 Å². The molecule has 214 valence electrons. The fraction of sp³-hybridized carbons (Fsp3) is 0.179. The van der Waals surface area contributed by atoms with Crippen LogP contribution >= 0.6 is 0 Å². The van der Waals surface area contributed by atoms with Gasteiger partial charge in [-0.25, -0.2) is 14.3 Å². The lowest BCUT2D eigenvalue weighted by Crippen LogP contribution is -2.53. The van der Waals surface area contributed by atoms with Gasteiger partial charge in [0, 0.05) is 11.1 Å². The molecule has 5 aromatic rings. The van der Waals surface area contributed by atoms with Gasteiger partial charge < -0.3 is 5.11 Å². The van der Waals surface area contributed by atoms with E-state index in [0.29, 0.717) is 13.1 Å². The number of hydrogen-bond acceptors (Lipinski definition) is 2. The Morgan fingerprint density at radius 3 is 1.70 bits per heavy atom. The molecule has 0 saturated carbocycles. The summed E-state index contributed by atoms with van der Waals surface area (Å²) in [6.45, 7) is 7.16. The van der Waals surface area contributed by atoms with Crippen molar-refractivity contribution in [2.75, 3.05) is 0 Å². The molecule has 43 heavy (non-hydrogen) atoms. The summed E-state index contributed by atoms with van der Waals surface area (Å²) in [5, 5.41) is 11.6. The van der Waals surface area contributed by atoms with E-state index in [-0.39, 0.29) is 0 Å². The molecule has 4 heteroatoms. The van der Waals surface area contributed by atoms with Crippen molar-refractivity contribution in [3.63, 3.8) is 0 Å². The summed E-state index contributed by atoms with van der Waals surface area (Å²) in [4.78, 5) is 16.4.